The van der Waals surface area contributed by atoms with Gasteiger partial charge in [0.15, 0.2) is 0 Å². The van der Waals surface area contributed by atoms with E-state index in [-0.39, 0.29) is 20.4 Å². The number of aryl methyl sites for hydroxylation is 1. The van der Waals surface area contributed by atoms with E-state index in [0.29, 0.717) is 6.61 Å². The standard InChI is InChI=1S/C22H24BNO.CH4/c1-2-18-13-15-21(16-14-18)23(20-11-7-4-8-12-20)25-17-22(24)19-9-5-3-6-10-19;/h3-16,22H,2,17,24H2,1H3;1H4. The number of hydrogen-bond donors (Lipinski definition) is 1. The first-order chi connectivity index (χ1) is 12.3. The Balaban J connectivity index is 0.00000243. The molecular weight excluding hydrogens is 317 g/mol. The van der Waals surface area contributed by atoms with Crippen molar-refractivity contribution in [2.75, 3.05) is 6.61 Å². The van der Waals surface area contributed by atoms with Crippen molar-refractivity contribution in [2.24, 2.45) is 5.73 Å². The van der Waals surface area contributed by atoms with Gasteiger partial charge in [0.05, 0.1) is 6.04 Å². The molecule has 0 amide bonds. The Bertz CT molecular complexity index is 759. The third-order valence-corrected chi connectivity index (χ3v) is 4.46. The normalized spacial score (nSPS) is 11.5. The smallest absolute Gasteiger partial charge is 0.361 e. The van der Waals surface area contributed by atoms with Crippen LogP contribution in [0.3, 0.4) is 0 Å². The summed E-state index contributed by atoms with van der Waals surface area (Å²) in [5, 5.41) is 0. The van der Waals surface area contributed by atoms with Crippen LogP contribution in [-0.2, 0) is 11.1 Å². The van der Waals surface area contributed by atoms with Crippen molar-refractivity contribution >= 4 is 17.8 Å². The van der Waals surface area contributed by atoms with Gasteiger partial charge in [0.1, 0.15) is 0 Å². The molecule has 3 rings (SSSR count). The van der Waals surface area contributed by atoms with E-state index in [1.165, 1.54) is 5.56 Å². The molecule has 3 aromatic carbocycles. The van der Waals surface area contributed by atoms with Gasteiger partial charge >= 0.3 is 6.92 Å². The second-order valence-electron chi connectivity index (χ2n) is 6.24. The van der Waals surface area contributed by atoms with Crippen molar-refractivity contribution in [2.45, 2.75) is 26.8 Å². The van der Waals surface area contributed by atoms with Crippen molar-refractivity contribution in [3.63, 3.8) is 0 Å². The molecule has 2 nitrogen and oxygen atoms in total. The largest absolute Gasteiger partial charge is 0.425 e. The summed E-state index contributed by atoms with van der Waals surface area (Å²) in [6, 6.07) is 28.9. The Kier molecular flexibility index (Phi) is 7.64. The Morgan fingerprint density at radius 2 is 1.35 bits per heavy atom. The van der Waals surface area contributed by atoms with E-state index < -0.39 is 0 Å². The first-order valence-corrected chi connectivity index (χ1v) is 8.84. The van der Waals surface area contributed by atoms with Crippen molar-refractivity contribution in [3.05, 3.63) is 96.1 Å². The molecule has 134 valence electrons. The van der Waals surface area contributed by atoms with Crippen molar-refractivity contribution in [3.8, 4) is 0 Å². The van der Waals surface area contributed by atoms with Crippen LogP contribution in [-0.4, -0.2) is 13.5 Å². The monoisotopic (exact) mass is 345 g/mol. The molecule has 0 aromatic heterocycles. The zero-order valence-corrected chi connectivity index (χ0v) is 14.6. The fourth-order valence-electron chi connectivity index (χ4n) is 2.94. The van der Waals surface area contributed by atoms with Crippen molar-refractivity contribution in [1.29, 1.82) is 0 Å². The molecule has 0 saturated heterocycles. The number of hydrogen-bond acceptors (Lipinski definition) is 2. The molecule has 0 aliphatic rings. The molecule has 0 heterocycles. The summed E-state index contributed by atoms with van der Waals surface area (Å²) >= 11 is 0. The molecule has 0 aliphatic heterocycles. The maximum Gasteiger partial charge on any atom is 0.361 e. The van der Waals surface area contributed by atoms with Crippen molar-refractivity contribution < 1.29 is 4.65 Å². The minimum Gasteiger partial charge on any atom is -0.425 e. The van der Waals surface area contributed by atoms with Gasteiger partial charge in [0.2, 0.25) is 0 Å². The van der Waals surface area contributed by atoms with Gasteiger partial charge in [-0.05, 0) is 28.5 Å². The minimum absolute atomic E-state index is 0. The van der Waals surface area contributed by atoms with Gasteiger partial charge in [0, 0.05) is 6.61 Å². The highest BCUT2D eigenvalue weighted by Crippen LogP contribution is 2.10. The first kappa shape index (κ1) is 20.0. The summed E-state index contributed by atoms with van der Waals surface area (Å²) < 4.78 is 6.28. The molecule has 3 heteroatoms. The minimum atomic E-state index is -0.137. The lowest BCUT2D eigenvalue weighted by atomic mass is 9.55. The van der Waals surface area contributed by atoms with E-state index in [1.54, 1.807) is 0 Å². The topological polar surface area (TPSA) is 35.2 Å². The Morgan fingerprint density at radius 1 is 0.808 bits per heavy atom. The Labute approximate surface area is 158 Å². The van der Waals surface area contributed by atoms with Gasteiger partial charge in [-0.3, -0.25) is 0 Å². The second-order valence-corrected chi connectivity index (χ2v) is 6.24. The van der Waals surface area contributed by atoms with Crippen LogP contribution in [0.5, 0.6) is 0 Å². The molecule has 0 spiro atoms. The van der Waals surface area contributed by atoms with Gasteiger partial charge in [-0.25, -0.2) is 0 Å². The summed E-state index contributed by atoms with van der Waals surface area (Å²) in [6.07, 6.45) is 1.04. The number of rotatable bonds is 7. The summed E-state index contributed by atoms with van der Waals surface area (Å²) in [5.74, 6) is 0. The summed E-state index contributed by atoms with van der Waals surface area (Å²) in [4.78, 5) is 0. The van der Waals surface area contributed by atoms with Crippen LogP contribution < -0.4 is 16.7 Å². The fraction of sp³-hybridized carbons (Fsp3) is 0.217. The highest BCUT2D eigenvalue weighted by molar-refractivity contribution is 6.80. The molecule has 26 heavy (non-hydrogen) atoms. The molecule has 2 N–H and O–H groups in total. The third-order valence-electron chi connectivity index (χ3n) is 4.46. The molecule has 1 atom stereocenters. The van der Waals surface area contributed by atoms with Crippen LogP contribution in [0, 0.1) is 0 Å². The quantitative estimate of drug-likeness (QED) is 0.663. The van der Waals surface area contributed by atoms with E-state index in [9.17, 15) is 0 Å². The Hall–Kier alpha value is -2.36. The highest BCUT2D eigenvalue weighted by atomic mass is 16.4. The molecule has 0 bridgehead atoms. The first-order valence-electron chi connectivity index (χ1n) is 8.84. The zero-order chi connectivity index (χ0) is 17.5. The zero-order valence-electron chi connectivity index (χ0n) is 14.6. The summed E-state index contributed by atoms with van der Waals surface area (Å²) in [5.41, 5.74) is 11.0. The molecule has 0 radical (unpaired) electrons. The lowest BCUT2D eigenvalue weighted by Gasteiger charge is -2.19. The molecular formula is C23H28BNO. The number of benzene rings is 3. The van der Waals surface area contributed by atoms with Gasteiger partial charge in [-0.1, -0.05) is 99.3 Å². The molecule has 0 aliphatic carbocycles. The van der Waals surface area contributed by atoms with Gasteiger partial charge in [-0.15, -0.1) is 0 Å². The van der Waals surface area contributed by atoms with E-state index in [4.69, 9.17) is 10.4 Å². The molecule has 3 aromatic rings. The van der Waals surface area contributed by atoms with Crippen LogP contribution in [0.2, 0.25) is 0 Å². The molecule has 0 saturated carbocycles. The second kappa shape index (κ2) is 9.96. The average Bonchev–Trinajstić information content (AvgIpc) is 2.70. The lowest BCUT2D eigenvalue weighted by Crippen LogP contribution is -2.46. The van der Waals surface area contributed by atoms with Crippen LogP contribution >= 0.6 is 0 Å². The highest BCUT2D eigenvalue weighted by Gasteiger charge is 2.22. The third kappa shape index (κ3) is 5.07. The number of nitrogens with two attached hydrogens (primary N) is 1. The summed E-state index contributed by atoms with van der Waals surface area (Å²) in [7, 11) is 0. The Morgan fingerprint density at radius 3 is 1.92 bits per heavy atom. The van der Waals surface area contributed by atoms with Gasteiger partial charge in [0.25, 0.3) is 0 Å². The van der Waals surface area contributed by atoms with Crippen LogP contribution in [0.1, 0.15) is 31.5 Å². The van der Waals surface area contributed by atoms with Crippen molar-refractivity contribution in [1.82, 2.24) is 0 Å². The van der Waals surface area contributed by atoms with E-state index in [1.807, 2.05) is 48.5 Å². The average molecular weight is 345 g/mol. The fourth-order valence-corrected chi connectivity index (χ4v) is 2.94. The maximum atomic E-state index is 6.32. The molecule has 0 fully saturated rings. The SMILES string of the molecule is C.CCc1ccc(B(OCC(N)c2ccccc2)c2ccccc2)cc1. The van der Waals surface area contributed by atoms with E-state index in [2.05, 4.69) is 43.3 Å². The summed E-state index contributed by atoms with van der Waals surface area (Å²) in [6.45, 7) is 2.53. The predicted molar refractivity (Wildman–Crippen MR) is 113 cm³/mol. The van der Waals surface area contributed by atoms with Crippen LogP contribution in [0.15, 0.2) is 84.9 Å². The van der Waals surface area contributed by atoms with Crippen LogP contribution in [0.4, 0.5) is 0 Å². The van der Waals surface area contributed by atoms with E-state index in [0.717, 1.165) is 22.9 Å². The maximum absolute atomic E-state index is 6.32. The van der Waals surface area contributed by atoms with Crippen LogP contribution in [0.25, 0.3) is 0 Å². The van der Waals surface area contributed by atoms with Gasteiger partial charge in [-0.2, -0.15) is 0 Å². The molecule has 1 unspecified atom stereocenters. The lowest BCUT2D eigenvalue weighted by molar-refractivity contribution is 0.303. The van der Waals surface area contributed by atoms with E-state index >= 15 is 0 Å². The predicted octanol–water partition coefficient (Wildman–Crippen LogP) is 3.71. The van der Waals surface area contributed by atoms with Gasteiger partial charge < -0.3 is 10.4 Å².